The molecule has 28 heavy (non-hydrogen) atoms. The summed E-state index contributed by atoms with van der Waals surface area (Å²) in [6.45, 7) is 2.03. The summed E-state index contributed by atoms with van der Waals surface area (Å²) in [6, 6.07) is 4.86. The lowest BCUT2D eigenvalue weighted by Gasteiger charge is -2.43. The molecule has 1 atom stereocenters. The molecule has 2 aliphatic rings. The fourth-order valence-electron chi connectivity index (χ4n) is 4.15. The molecule has 1 fully saturated rings. The van der Waals surface area contributed by atoms with E-state index in [1.54, 1.807) is 30.3 Å². The Bertz CT molecular complexity index is 902. The maximum Gasteiger partial charge on any atom is 0.249 e. The topological polar surface area (TPSA) is 61.4 Å². The Morgan fingerprint density at radius 3 is 2.75 bits per heavy atom. The molecule has 4 rings (SSSR count). The van der Waals surface area contributed by atoms with Gasteiger partial charge >= 0.3 is 0 Å². The Morgan fingerprint density at radius 2 is 2.07 bits per heavy atom. The Labute approximate surface area is 172 Å². The largest absolute Gasteiger partial charge is 0.340 e. The van der Waals surface area contributed by atoms with Crippen molar-refractivity contribution in [2.45, 2.75) is 51.1 Å². The number of hydrogen-bond acceptors (Lipinski definition) is 5. The van der Waals surface area contributed by atoms with Crippen LogP contribution in [0, 0.1) is 5.82 Å². The first-order valence-electron chi connectivity index (χ1n) is 9.64. The highest BCUT2D eigenvalue weighted by Gasteiger charge is 2.41. The molecule has 0 saturated heterocycles. The molecule has 1 aliphatic heterocycles. The fourth-order valence-corrected chi connectivity index (χ4v) is 4.49. The summed E-state index contributed by atoms with van der Waals surface area (Å²) in [5.74, 6) is 0.753. The van der Waals surface area contributed by atoms with Crippen molar-refractivity contribution >= 4 is 45.0 Å². The van der Waals surface area contributed by atoms with Crippen molar-refractivity contribution in [2.24, 2.45) is 0 Å². The van der Waals surface area contributed by atoms with Crippen LogP contribution in [0.1, 0.15) is 39.0 Å². The molecule has 2 heterocycles. The van der Waals surface area contributed by atoms with Gasteiger partial charge in [-0.3, -0.25) is 4.79 Å². The van der Waals surface area contributed by atoms with Gasteiger partial charge in [-0.2, -0.15) is 4.98 Å². The summed E-state index contributed by atoms with van der Waals surface area (Å²) < 4.78 is 14.9. The second kappa shape index (κ2) is 7.66. The van der Waals surface area contributed by atoms with Crippen LogP contribution in [0.4, 0.5) is 27.5 Å². The molecule has 8 heteroatoms. The summed E-state index contributed by atoms with van der Waals surface area (Å²) in [5, 5.41) is 2.97. The van der Waals surface area contributed by atoms with Gasteiger partial charge in [0.25, 0.3) is 0 Å². The van der Waals surface area contributed by atoms with Crippen LogP contribution < -0.4 is 15.1 Å². The van der Waals surface area contributed by atoms with E-state index < -0.39 is 0 Å². The summed E-state index contributed by atoms with van der Waals surface area (Å²) >= 11 is 3.26. The first-order valence-corrected chi connectivity index (χ1v) is 10.4. The van der Waals surface area contributed by atoms with E-state index in [2.05, 4.69) is 31.1 Å². The molecule has 0 radical (unpaired) electrons. The second-order valence-electron chi connectivity index (χ2n) is 7.32. The number of nitrogens with zero attached hydrogens (tertiary/aromatic N) is 4. The number of aromatic nitrogens is 2. The molecular weight excluding hydrogens is 425 g/mol. The maximum absolute atomic E-state index is 14.2. The van der Waals surface area contributed by atoms with Gasteiger partial charge in [0.05, 0.1) is 11.9 Å². The van der Waals surface area contributed by atoms with Crippen molar-refractivity contribution < 1.29 is 9.18 Å². The number of rotatable bonds is 4. The average molecular weight is 448 g/mol. The van der Waals surface area contributed by atoms with Crippen molar-refractivity contribution in [3.05, 3.63) is 34.7 Å². The van der Waals surface area contributed by atoms with Gasteiger partial charge in [-0.25, -0.2) is 9.37 Å². The molecule has 1 saturated carbocycles. The van der Waals surface area contributed by atoms with Gasteiger partial charge in [0.2, 0.25) is 11.9 Å². The van der Waals surface area contributed by atoms with E-state index in [0.717, 1.165) is 31.5 Å². The zero-order chi connectivity index (χ0) is 19.8. The minimum atomic E-state index is -0.387. The Hall–Kier alpha value is -2.22. The summed E-state index contributed by atoms with van der Waals surface area (Å²) in [6.07, 6.45) is 6.80. The number of likely N-dealkylation sites (N-methyl/N-ethyl adjacent to an activating group) is 1. The highest BCUT2D eigenvalue weighted by molar-refractivity contribution is 9.10. The minimum absolute atomic E-state index is 0.0742. The van der Waals surface area contributed by atoms with Crippen LogP contribution in [0.15, 0.2) is 28.9 Å². The van der Waals surface area contributed by atoms with Crippen LogP contribution in [0.3, 0.4) is 0 Å². The van der Waals surface area contributed by atoms with Crippen molar-refractivity contribution in [1.29, 1.82) is 0 Å². The van der Waals surface area contributed by atoms with Gasteiger partial charge in [-0.05, 0) is 37.5 Å². The third-order valence-electron chi connectivity index (χ3n) is 5.59. The number of nitrogens with one attached hydrogen (secondary N) is 1. The SMILES string of the molecule is CC[C@@H]1C(=O)N(C)c2cnc(Nc3ccc(Br)cc3F)nc2N1C1CCCC1. The lowest BCUT2D eigenvalue weighted by molar-refractivity contribution is -0.120. The molecule has 2 aromatic rings. The van der Waals surface area contributed by atoms with E-state index in [1.807, 2.05) is 6.92 Å². The normalized spacial score (nSPS) is 19.9. The highest BCUT2D eigenvalue weighted by Crippen LogP contribution is 2.40. The first kappa shape index (κ1) is 19.1. The number of hydrogen-bond donors (Lipinski definition) is 1. The Morgan fingerprint density at radius 1 is 1.32 bits per heavy atom. The first-order chi connectivity index (χ1) is 13.5. The van der Waals surface area contributed by atoms with Crippen molar-refractivity contribution in [2.75, 3.05) is 22.2 Å². The maximum atomic E-state index is 14.2. The van der Waals surface area contributed by atoms with Crippen molar-refractivity contribution in [3.63, 3.8) is 0 Å². The number of amides is 1. The van der Waals surface area contributed by atoms with Gasteiger partial charge in [0.15, 0.2) is 5.82 Å². The number of carbonyl (C=O) groups excluding carboxylic acids is 1. The lowest BCUT2D eigenvalue weighted by atomic mass is 10.0. The molecule has 1 N–H and O–H groups in total. The van der Waals surface area contributed by atoms with Crippen LogP contribution >= 0.6 is 15.9 Å². The highest BCUT2D eigenvalue weighted by atomic mass is 79.9. The van der Waals surface area contributed by atoms with Gasteiger partial charge in [0, 0.05) is 17.6 Å². The standard InChI is InChI=1S/C20H23BrFN5O/c1-3-16-19(28)26(2)17-11-23-20(24-15-9-8-12(21)10-14(15)22)25-18(17)27(16)13-6-4-5-7-13/h8-11,13,16H,3-7H2,1-2H3,(H,23,24,25)/t16-/m1/s1. The van der Waals surface area contributed by atoms with Crippen molar-refractivity contribution in [1.82, 2.24) is 9.97 Å². The van der Waals surface area contributed by atoms with Crippen LogP contribution in [0.25, 0.3) is 0 Å². The second-order valence-corrected chi connectivity index (χ2v) is 8.23. The Kier molecular flexibility index (Phi) is 5.23. The molecule has 0 bridgehead atoms. The molecule has 148 valence electrons. The molecule has 0 unspecified atom stereocenters. The van der Waals surface area contributed by atoms with Crippen LogP contribution in [-0.4, -0.2) is 35.0 Å². The van der Waals surface area contributed by atoms with Gasteiger partial charge in [0.1, 0.15) is 17.5 Å². The summed E-state index contributed by atoms with van der Waals surface area (Å²) in [7, 11) is 1.76. The van der Waals surface area contributed by atoms with Crippen molar-refractivity contribution in [3.8, 4) is 0 Å². The van der Waals surface area contributed by atoms with E-state index in [0.29, 0.717) is 34.3 Å². The molecule has 1 amide bonds. The molecule has 6 nitrogen and oxygen atoms in total. The number of fused-ring (bicyclic) bond motifs is 1. The van der Waals surface area contributed by atoms with Gasteiger partial charge in [-0.1, -0.05) is 35.7 Å². The Balaban J connectivity index is 1.74. The third kappa shape index (κ3) is 3.34. The molecular formula is C20H23BrFN5O. The van der Waals surface area contributed by atoms with Crippen LogP contribution in [0.2, 0.25) is 0 Å². The van der Waals surface area contributed by atoms with Crippen LogP contribution in [-0.2, 0) is 4.79 Å². The minimum Gasteiger partial charge on any atom is -0.340 e. The quantitative estimate of drug-likeness (QED) is 0.740. The number of halogens is 2. The zero-order valence-corrected chi connectivity index (χ0v) is 17.5. The smallest absolute Gasteiger partial charge is 0.249 e. The number of benzene rings is 1. The van der Waals surface area contributed by atoms with E-state index >= 15 is 0 Å². The number of carbonyl (C=O) groups is 1. The molecule has 0 spiro atoms. The predicted octanol–water partition coefficient (Wildman–Crippen LogP) is 4.63. The van der Waals surface area contributed by atoms with Gasteiger partial charge < -0.3 is 15.1 Å². The monoisotopic (exact) mass is 447 g/mol. The fraction of sp³-hybridized carbons (Fsp3) is 0.450. The third-order valence-corrected chi connectivity index (χ3v) is 6.08. The summed E-state index contributed by atoms with van der Waals surface area (Å²) in [5.41, 5.74) is 1.01. The molecule has 1 aliphatic carbocycles. The average Bonchev–Trinajstić information content (AvgIpc) is 3.21. The molecule has 1 aromatic carbocycles. The lowest BCUT2D eigenvalue weighted by Crippen LogP contribution is -2.55. The van der Waals surface area contributed by atoms with Crippen LogP contribution in [0.5, 0.6) is 0 Å². The van der Waals surface area contributed by atoms with E-state index in [1.165, 1.54) is 6.07 Å². The van der Waals surface area contributed by atoms with E-state index in [4.69, 9.17) is 4.98 Å². The summed E-state index contributed by atoms with van der Waals surface area (Å²) in [4.78, 5) is 25.8. The zero-order valence-electron chi connectivity index (χ0n) is 16.0. The van der Waals surface area contributed by atoms with Gasteiger partial charge in [-0.15, -0.1) is 0 Å². The predicted molar refractivity (Wildman–Crippen MR) is 112 cm³/mol. The number of anilines is 4. The molecule has 1 aromatic heterocycles. The van der Waals surface area contributed by atoms with E-state index in [9.17, 15) is 9.18 Å². The van der Waals surface area contributed by atoms with E-state index in [-0.39, 0.29) is 17.8 Å².